The second kappa shape index (κ2) is 10.1. The summed E-state index contributed by atoms with van der Waals surface area (Å²) in [6.07, 6.45) is -2.91. The molecule has 0 aliphatic heterocycles. The standard InChI is InChI=1S/C26H18ClF2N3O4/c1-14-31-21-7-6-18(24(28)29)20(13-30)23(21)25(33)32(14)9-10-36-22-8-5-17(27)12-19(22)15-3-2-4-16(11-15)26(34)35/h2-8,11-12,24H,9-10H2,1H3,(H,34,35). The number of carboxylic acid groups (broad SMARTS) is 1. The van der Waals surface area contributed by atoms with Gasteiger partial charge in [0, 0.05) is 16.1 Å². The third-order valence-electron chi connectivity index (χ3n) is 5.63. The average molecular weight is 510 g/mol. The minimum atomic E-state index is -2.91. The lowest BCUT2D eigenvalue weighted by Gasteiger charge is -2.15. The first-order valence-electron chi connectivity index (χ1n) is 10.7. The van der Waals surface area contributed by atoms with Crippen LogP contribution in [0.4, 0.5) is 8.78 Å². The van der Waals surface area contributed by atoms with Crippen molar-refractivity contribution in [2.24, 2.45) is 0 Å². The Morgan fingerprint density at radius 3 is 2.69 bits per heavy atom. The van der Waals surface area contributed by atoms with E-state index in [1.54, 1.807) is 43.3 Å². The topological polar surface area (TPSA) is 105 Å². The van der Waals surface area contributed by atoms with E-state index in [2.05, 4.69) is 4.98 Å². The van der Waals surface area contributed by atoms with E-state index in [9.17, 15) is 28.7 Å². The van der Waals surface area contributed by atoms with Crippen LogP contribution in [0.2, 0.25) is 5.02 Å². The van der Waals surface area contributed by atoms with E-state index in [-0.39, 0.29) is 29.6 Å². The Labute approximate surface area is 208 Å². The number of aromatic nitrogens is 2. The molecule has 3 aromatic carbocycles. The van der Waals surface area contributed by atoms with Gasteiger partial charge in [-0.05, 0) is 55.0 Å². The number of fused-ring (bicyclic) bond motifs is 1. The van der Waals surface area contributed by atoms with Gasteiger partial charge in [-0.15, -0.1) is 0 Å². The highest BCUT2D eigenvalue weighted by atomic mass is 35.5. The van der Waals surface area contributed by atoms with Crippen LogP contribution in [0, 0.1) is 18.3 Å². The summed E-state index contributed by atoms with van der Waals surface area (Å²) < 4.78 is 33.9. The quantitative estimate of drug-likeness (QED) is 0.347. The zero-order valence-corrected chi connectivity index (χ0v) is 19.6. The lowest BCUT2D eigenvalue weighted by Crippen LogP contribution is -2.27. The second-order valence-electron chi connectivity index (χ2n) is 7.83. The molecule has 1 aromatic heterocycles. The van der Waals surface area contributed by atoms with E-state index in [1.807, 2.05) is 0 Å². The second-order valence-corrected chi connectivity index (χ2v) is 8.26. The zero-order valence-electron chi connectivity index (χ0n) is 18.8. The number of rotatable bonds is 7. The Bertz CT molecular complexity index is 1600. The minimum Gasteiger partial charge on any atom is -0.491 e. The van der Waals surface area contributed by atoms with Gasteiger partial charge in [-0.2, -0.15) is 5.26 Å². The summed E-state index contributed by atoms with van der Waals surface area (Å²) in [5.74, 6) is -0.346. The third kappa shape index (κ3) is 4.76. The summed E-state index contributed by atoms with van der Waals surface area (Å²) >= 11 is 6.15. The van der Waals surface area contributed by atoms with Crippen LogP contribution in [0.3, 0.4) is 0 Å². The molecule has 0 amide bonds. The van der Waals surface area contributed by atoms with Crippen LogP contribution in [-0.2, 0) is 6.54 Å². The highest BCUT2D eigenvalue weighted by molar-refractivity contribution is 6.31. The fourth-order valence-corrected chi connectivity index (χ4v) is 4.09. The maximum atomic E-state index is 13.4. The van der Waals surface area contributed by atoms with E-state index in [0.29, 0.717) is 27.7 Å². The number of hydrogen-bond acceptors (Lipinski definition) is 5. The van der Waals surface area contributed by atoms with E-state index < -0.39 is 29.1 Å². The minimum absolute atomic E-state index is 0.00237. The predicted octanol–water partition coefficient (Wildman–Crippen LogP) is 5.61. The molecule has 0 aliphatic rings. The van der Waals surface area contributed by atoms with E-state index >= 15 is 0 Å². The molecule has 0 saturated heterocycles. The van der Waals surface area contributed by atoms with Crippen LogP contribution in [-0.4, -0.2) is 27.2 Å². The smallest absolute Gasteiger partial charge is 0.335 e. The molecule has 4 rings (SSSR count). The molecule has 0 fully saturated rings. The molecule has 0 radical (unpaired) electrons. The molecule has 36 heavy (non-hydrogen) atoms. The molecule has 0 saturated carbocycles. The van der Waals surface area contributed by atoms with Crippen LogP contribution >= 0.6 is 11.6 Å². The van der Waals surface area contributed by atoms with Crippen molar-refractivity contribution < 1.29 is 23.4 Å². The highest BCUT2D eigenvalue weighted by Gasteiger charge is 2.20. The molecule has 10 heteroatoms. The van der Waals surface area contributed by atoms with Gasteiger partial charge in [-0.3, -0.25) is 9.36 Å². The molecule has 4 aromatic rings. The summed E-state index contributed by atoms with van der Waals surface area (Å²) in [6, 6.07) is 15.3. The first kappa shape index (κ1) is 24.8. The lowest BCUT2D eigenvalue weighted by molar-refractivity contribution is 0.0697. The van der Waals surface area contributed by atoms with Crippen molar-refractivity contribution in [3.63, 3.8) is 0 Å². The molecule has 0 spiro atoms. The van der Waals surface area contributed by atoms with Crippen LogP contribution in [0.15, 0.2) is 59.4 Å². The maximum Gasteiger partial charge on any atom is 0.335 e. The number of ether oxygens (including phenoxy) is 1. The zero-order chi connectivity index (χ0) is 26.0. The first-order valence-corrected chi connectivity index (χ1v) is 11.1. The molecule has 0 unspecified atom stereocenters. The number of hydrogen-bond donors (Lipinski definition) is 1. The molecule has 0 bridgehead atoms. The number of benzene rings is 3. The summed E-state index contributed by atoms with van der Waals surface area (Å²) in [7, 11) is 0. The van der Waals surface area contributed by atoms with Gasteiger partial charge in [0.25, 0.3) is 12.0 Å². The van der Waals surface area contributed by atoms with Crippen LogP contribution in [0.5, 0.6) is 5.75 Å². The van der Waals surface area contributed by atoms with Crippen molar-refractivity contribution in [2.45, 2.75) is 19.9 Å². The van der Waals surface area contributed by atoms with Crippen molar-refractivity contribution >= 4 is 28.5 Å². The summed E-state index contributed by atoms with van der Waals surface area (Å²) in [4.78, 5) is 28.9. The fraction of sp³-hybridized carbons (Fsp3) is 0.154. The van der Waals surface area contributed by atoms with Gasteiger partial charge in [0.15, 0.2) is 0 Å². The predicted molar refractivity (Wildman–Crippen MR) is 130 cm³/mol. The highest BCUT2D eigenvalue weighted by Crippen LogP contribution is 2.33. The number of nitriles is 1. The largest absolute Gasteiger partial charge is 0.491 e. The Morgan fingerprint density at radius 1 is 1.22 bits per heavy atom. The maximum absolute atomic E-state index is 13.4. The van der Waals surface area contributed by atoms with Crippen molar-refractivity contribution in [3.8, 4) is 22.9 Å². The molecular formula is C26H18ClF2N3O4. The molecule has 0 aliphatic carbocycles. The molecule has 0 atom stereocenters. The monoisotopic (exact) mass is 509 g/mol. The fourth-order valence-electron chi connectivity index (χ4n) is 3.92. The van der Waals surface area contributed by atoms with E-state index in [4.69, 9.17) is 16.3 Å². The summed E-state index contributed by atoms with van der Waals surface area (Å²) in [5, 5.41) is 19.0. The third-order valence-corrected chi connectivity index (χ3v) is 5.86. The Kier molecular flexibility index (Phi) is 6.99. The number of aryl methyl sites for hydroxylation is 1. The SMILES string of the molecule is Cc1nc2ccc(C(F)F)c(C#N)c2c(=O)n1CCOc1ccc(Cl)cc1-c1cccc(C(=O)O)c1. The van der Waals surface area contributed by atoms with Crippen LogP contribution in [0.1, 0.15) is 33.7 Å². The molecule has 1 N–H and O–H groups in total. The summed E-state index contributed by atoms with van der Waals surface area (Å²) in [6.45, 7) is 1.62. The number of nitrogens with zero attached hydrogens (tertiary/aromatic N) is 3. The van der Waals surface area contributed by atoms with Gasteiger partial charge < -0.3 is 9.84 Å². The van der Waals surface area contributed by atoms with Crippen molar-refractivity contribution in [2.75, 3.05) is 6.61 Å². The van der Waals surface area contributed by atoms with Crippen LogP contribution in [0.25, 0.3) is 22.0 Å². The van der Waals surface area contributed by atoms with Gasteiger partial charge in [-0.25, -0.2) is 18.6 Å². The van der Waals surface area contributed by atoms with Gasteiger partial charge >= 0.3 is 5.97 Å². The van der Waals surface area contributed by atoms with Gasteiger partial charge in [0.1, 0.15) is 24.3 Å². The van der Waals surface area contributed by atoms with Gasteiger partial charge in [0.05, 0.1) is 28.6 Å². The Balaban J connectivity index is 1.67. The number of carbonyl (C=O) groups is 1. The van der Waals surface area contributed by atoms with Gasteiger partial charge in [-0.1, -0.05) is 23.7 Å². The number of aromatic carboxylic acids is 1. The lowest BCUT2D eigenvalue weighted by atomic mass is 10.0. The van der Waals surface area contributed by atoms with Crippen molar-refractivity contribution in [3.05, 3.63) is 92.5 Å². The Morgan fingerprint density at radius 2 is 2.00 bits per heavy atom. The van der Waals surface area contributed by atoms with Gasteiger partial charge in [0.2, 0.25) is 0 Å². The van der Waals surface area contributed by atoms with Crippen molar-refractivity contribution in [1.29, 1.82) is 5.26 Å². The Hall–Kier alpha value is -4.29. The van der Waals surface area contributed by atoms with Crippen LogP contribution < -0.4 is 10.3 Å². The van der Waals surface area contributed by atoms with E-state index in [1.165, 1.54) is 22.8 Å². The van der Waals surface area contributed by atoms with Crippen molar-refractivity contribution in [1.82, 2.24) is 9.55 Å². The number of halogens is 3. The molecule has 1 heterocycles. The first-order chi connectivity index (χ1) is 17.2. The number of alkyl halides is 2. The normalized spacial score (nSPS) is 11.0. The average Bonchev–Trinajstić information content (AvgIpc) is 2.85. The molecule has 7 nitrogen and oxygen atoms in total. The molecular weight excluding hydrogens is 492 g/mol. The summed E-state index contributed by atoms with van der Waals surface area (Å²) in [5.41, 5.74) is -0.150. The number of carboxylic acids is 1. The molecule has 182 valence electrons. The van der Waals surface area contributed by atoms with E-state index in [0.717, 1.165) is 6.07 Å².